The summed E-state index contributed by atoms with van der Waals surface area (Å²) in [7, 11) is 2.26. The zero-order valence-electron chi connectivity index (χ0n) is 13.4. The number of benzene rings is 1. The van der Waals surface area contributed by atoms with Crippen LogP contribution in [0.15, 0.2) is 35.9 Å². The lowest BCUT2D eigenvalue weighted by Gasteiger charge is -2.35. The normalized spacial score (nSPS) is 28.2. The Kier molecular flexibility index (Phi) is 2.99. The van der Waals surface area contributed by atoms with Crippen molar-refractivity contribution in [2.24, 2.45) is 0 Å². The highest BCUT2D eigenvalue weighted by Gasteiger charge is 2.62. The lowest BCUT2D eigenvalue weighted by Crippen LogP contribution is -2.45. The molecule has 3 aliphatic rings. The van der Waals surface area contributed by atoms with Crippen molar-refractivity contribution in [2.45, 2.75) is 49.5 Å². The summed E-state index contributed by atoms with van der Waals surface area (Å²) < 4.78 is 6.72. The highest BCUT2D eigenvalue weighted by molar-refractivity contribution is 6.02. The van der Waals surface area contributed by atoms with Gasteiger partial charge in [0.1, 0.15) is 7.05 Å². The molecule has 1 aliphatic heterocycles. The van der Waals surface area contributed by atoms with Crippen LogP contribution in [0.4, 0.5) is 0 Å². The molecule has 1 atom stereocenters. The monoisotopic (exact) mass is 292 g/mol. The van der Waals surface area contributed by atoms with E-state index < -0.39 is 0 Å². The van der Waals surface area contributed by atoms with Crippen LogP contribution >= 0.6 is 0 Å². The molecule has 2 nitrogen and oxygen atoms in total. The third-order valence-electron chi connectivity index (χ3n) is 5.98. The molecule has 1 fully saturated rings. The lowest BCUT2D eigenvalue weighted by molar-refractivity contribution is -0.566. The van der Waals surface area contributed by atoms with Gasteiger partial charge in [0.2, 0.25) is 0 Å². The molecule has 0 saturated heterocycles. The molecular weight excluding hydrogens is 268 g/mol. The van der Waals surface area contributed by atoms with Crippen LogP contribution in [-0.4, -0.2) is 36.3 Å². The van der Waals surface area contributed by atoms with Crippen LogP contribution < -0.4 is 4.67 Å². The second kappa shape index (κ2) is 4.79. The van der Waals surface area contributed by atoms with E-state index in [2.05, 4.69) is 65.8 Å². The number of likely N-dealkylation sites (N-methyl/N-ethyl adjacent to an activating group) is 1. The lowest BCUT2D eigenvalue weighted by atomic mass is 9.63. The number of hydrogen-bond donors (Lipinski definition) is 0. The summed E-state index contributed by atoms with van der Waals surface area (Å²) in [5.74, 6) is 0. The molecule has 1 heterocycles. The second-order valence-corrected chi connectivity index (χ2v) is 6.99. The van der Waals surface area contributed by atoms with E-state index in [-0.39, 0.29) is 11.0 Å². The molecule has 0 radical (unpaired) electrons. The molecule has 1 aromatic rings. The molecular formula is C20H24N2+2. The smallest absolute Gasteiger partial charge is 0.231 e. The Morgan fingerprint density at radius 2 is 1.95 bits per heavy atom. The maximum Gasteiger partial charge on any atom is 0.293 e. The Labute approximate surface area is 132 Å². The Bertz CT molecular complexity index is 728. The fourth-order valence-electron chi connectivity index (χ4n) is 5.04. The van der Waals surface area contributed by atoms with Crippen molar-refractivity contribution in [1.29, 1.82) is 0 Å². The van der Waals surface area contributed by atoms with Crippen LogP contribution in [0.5, 0.6) is 0 Å². The van der Waals surface area contributed by atoms with E-state index in [9.17, 15) is 0 Å². The van der Waals surface area contributed by atoms with Crippen molar-refractivity contribution >= 4 is 19.1 Å². The Balaban J connectivity index is 1.97. The summed E-state index contributed by atoms with van der Waals surface area (Å²) in [6.45, 7) is 3.77. The van der Waals surface area contributed by atoms with Gasteiger partial charge < -0.3 is 0 Å². The summed E-state index contributed by atoms with van der Waals surface area (Å²) in [5.41, 5.74) is 4.39. The van der Waals surface area contributed by atoms with Gasteiger partial charge in [-0.2, -0.15) is 0 Å². The molecule has 0 aromatic heterocycles. The average Bonchev–Trinajstić information content (AvgIpc) is 2.78. The van der Waals surface area contributed by atoms with Gasteiger partial charge in [-0.05, 0) is 30.4 Å². The molecule has 0 bridgehead atoms. The first kappa shape index (κ1) is 13.7. The molecule has 1 aromatic carbocycles. The van der Waals surface area contributed by atoms with Crippen LogP contribution in [0, 0.1) is 0 Å². The van der Waals surface area contributed by atoms with Gasteiger partial charge in [0.05, 0.1) is 0 Å². The van der Waals surface area contributed by atoms with Gasteiger partial charge in [-0.15, -0.1) is 4.67 Å². The Morgan fingerprint density at radius 1 is 1.18 bits per heavy atom. The third-order valence-corrected chi connectivity index (χ3v) is 5.98. The molecule has 22 heavy (non-hydrogen) atoms. The summed E-state index contributed by atoms with van der Waals surface area (Å²) in [6.07, 6.45) is 14.5. The topological polar surface area (TPSA) is 17.1 Å². The van der Waals surface area contributed by atoms with Crippen LogP contribution in [-0.2, 0) is 11.8 Å². The van der Waals surface area contributed by atoms with E-state index in [0.29, 0.717) is 0 Å². The zero-order valence-corrected chi connectivity index (χ0v) is 13.4. The number of hydrogen-bond acceptors (Lipinski definition) is 0. The zero-order chi connectivity index (χ0) is 15.2. The number of nitrogens with zero attached hydrogens (tertiary/aromatic N) is 2. The largest absolute Gasteiger partial charge is 0.293 e. The third kappa shape index (κ3) is 1.62. The van der Waals surface area contributed by atoms with Gasteiger partial charge in [0.15, 0.2) is 17.2 Å². The minimum Gasteiger partial charge on any atom is -0.231 e. The van der Waals surface area contributed by atoms with E-state index in [1.165, 1.54) is 43.2 Å². The van der Waals surface area contributed by atoms with Crippen LogP contribution in [0.2, 0.25) is 0 Å². The van der Waals surface area contributed by atoms with Crippen LogP contribution in [0.3, 0.4) is 0 Å². The van der Waals surface area contributed by atoms with Gasteiger partial charge in [0, 0.05) is 18.4 Å². The molecule has 1 spiro atoms. The summed E-state index contributed by atoms with van der Waals surface area (Å²) in [5, 5.41) is 0. The Hall–Kier alpha value is -1.92. The SMILES string of the molecule is C=[N+]=C[C@@]12C=[N+](C)C3(CCCCC3)C1=CCc1ccccc12. The number of allylic oxidation sites excluding steroid dienone is 1. The summed E-state index contributed by atoms with van der Waals surface area (Å²) in [6, 6.07) is 8.82. The molecule has 4 rings (SSSR count). The predicted molar refractivity (Wildman–Crippen MR) is 93.3 cm³/mol. The van der Waals surface area contributed by atoms with Crippen molar-refractivity contribution in [2.75, 3.05) is 7.05 Å². The maximum atomic E-state index is 4.23. The minimum atomic E-state index is -0.178. The van der Waals surface area contributed by atoms with E-state index in [1.54, 1.807) is 5.57 Å². The molecule has 2 heteroatoms. The fraction of sp³-hybridized carbons (Fsp3) is 0.450. The minimum absolute atomic E-state index is 0.178. The molecule has 112 valence electrons. The highest BCUT2D eigenvalue weighted by Crippen LogP contribution is 2.51. The molecule has 0 N–H and O–H groups in total. The first-order chi connectivity index (χ1) is 10.7. The van der Waals surface area contributed by atoms with Crippen LogP contribution in [0.25, 0.3) is 0 Å². The van der Waals surface area contributed by atoms with Gasteiger partial charge >= 0.3 is 0 Å². The van der Waals surface area contributed by atoms with Gasteiger partial charge in [-0.3, -0.25) is 0 Å². The summed E-state index contributed by atoms with van der Waals surface area (Å²) >= 11 is 0. The quantitative estimate of drug-likeness (QED) is 0.328. The number of rotatable bonds is 1. The second-order valence-electron chi connectivity index (χ2n) is 6.99. The van der Waals surface area contributed by atoms with Gasteiger partial charge in [-0.25, -0.2) is 4.58 Å². The van der Waals surface area contributed by atoms with E-state index in [4.69, 9.17) is 0 Å². The fourth-order valence-corrected chi connectivity index (χ4v) is 5.04. The Morgan fingerprint density at radius 3 is 2.73 bits per heavy atom. The van der Waals surface area contributed by atoms with Crippen molar-refractivity contribution in [1.82, 2.24) is 4.67 Å². The number of fused-ring (bicyclic) bond motifs is 4. The van der Waals surface area contributed by atoms with E-state index >= 15 is 0 Å². The molecule has 2 aliphatic carbocycles. The summed E-state index contributed by atoms with van der Waals surface area (Å²) in [4.78, 5) is 0. The molecule has 0 unspecified atom stereocenters. The van der Waals surface area contributed by atoms with Gasteiger partial charge in [-0.1, -0.05) is 36.8 Å². The van der Waals surface area contributed by atoms with Crippen LogP contribution in [0.1, 0.15) is 43.2 Å². The molecule has 0 amide bonds. The predicted octanol–water partition coefficient (Wildman–Crippen LogP) is 2.68. The van der Waals surface area contributed by atoms with Gasteiger partial charge in [0.25, 0.3) is 12.9 Å². The highest BCUT2D eigenvalue weighted by atomic mass is 15.1. The van der Waals surface area contributed by atoms with E-state index in [0.717, 1.165) is 6.42 Å². The first-order valence-corrected chi connectivity index (χ1v) is 8.42. The van der Waals surface area contributed by atoms with Crippen molar-refractivity contribution in [3.8, 4) is 0 Å². The van der Waals surface area contributed by atoms with E-state index in [1.807, 2.05) is 0 Å². The average molecular weight is 292 g/mol. The van der Waals surface area contributed by atoms with Crippen molar-refractivity contribution in [3.05, 3.63) is 47.0 Å². The first-order valence-electron chi connectivity index (χ1n) is 8.42. The standard InChI is InChI=1S/C20H24N2/c1-21-14-19-15-22(2)20(12-6-3-7-13-20)18(19)11-10-16-8-4-5-9-17(16)19/h4-5,8-9,11,14-15H,1,3,6-7,10,12-13H2,2H3/q+2/t19-/m0/s1. The van der Waals surface area contributed by atoms with Crippen molar-refractivity contribution < 1.29 is 4.58 Å². The molecule has 1 saturated carbocycles. The maximum absolute atomic E-state index is 4.23. The van der Waals surface area contributed by atoms with Crippen molar-refractivity contribution in [3.63, 3.8) is 0 Å².